The van der Waals surface area contributed by atoms with E-state index in [1.807, 2.05) is 22.6 Å². The molecule has 4 N–H and O–H groups in total. The summed E-state index contributed by atoms with van der Waals surface area (Å²) in [5, 5.41) is 0. The van der Waals surface area contributed by atoms with E-state index < -0.39 is 5.82 Å². The largest absolute Gasteiger partial charge is 0.398 e. The molecule has 0 fully saturated rings. The van der Waals surface area contributed by atoms with Gasteiger partial charge in [0, 0.05) is 5.69 Å². The molecule has 1 aromatic rings. The summed E-state index contributed by atoms with van der Waals surface area (Å²) in [4.78, 5) is 0. The van der Waals surface area contributed by atoms with Crippen LogP contribution < -0.4 is 11.5 Å². The van der Waals surface area contributed by atoms with Crippen molar-refractivity contribution in [1.29, 1.82) is 0 Å². The number of nitrogen functional groups attached to an aromatic ring is 2. The van der Waals surface area contributed by atoms with Gasteiger partial charge in [0.05, 0.1) is 9.26 Å². The number of hydrogen-bond acceptors (Lipinski definition) is 2. The van der Waals surface area contributed by atoms with Crippen LogP contribution in [0.5, 0.6) is 0 Å². The lowest BCUT2D eigenvalue weighted by Gasteiger charge is -2.01. The molecule has 0 saturated heterocycles. The first-order chi connectivity index (χ1) is 4.63. The van der Waals surface area contributed by atoms with Crippen molar-refractivity contribution in [1.82, 2.24) is 0 Å². The van der Waals surface area contributed by atoms with Crippen LogP contribution >= 0.6 is 22.6 Å². The third kappa shape index (κ3) is 1.16. The number of rotatable bonds is 0. The SMILES string of the molecule is Nc1ccc(F)c(N)c1I. The van der Waals surface area contributed by atoms with Crippen molar-refractivity contribution in [3.63, 3.8) is 0 Å². The Morgan fingerprint density at radius 2 is 1.90 bits per heavy atom. The molecular formula is C6H6FIN2. The van der Waals surface area contributed by atoms with Crippen LogP contribution in [0.4, 0.5) is 15.8 Å². The fourth-order valence-corrected chi connectivity index (χ4v) is 1.02. The molecule has 2 nitrogen and oxygen atoms in total. The highest BCUT2D eigenvalue weighted by Crippen LogP contribution is 2.23. The summed E-state index contributed by atoms with van der Waals surface area (Å²) in [7, 11) is 0. The first-order valence-electron chi connectivity index (χ1n) is 2.62. The van der Waals surface area contributed by atoms with Crippen LogP contribution in [0.2, 0.25) is 0 Å². The summed E-state index contributed by atoms with van der Waals surface area (Å²) in [6, 6.07) is 2.75. The van der Waals surface area contributed by atoms with Gasteiger partial charge < -0.3 is 11.5 Å². The van der Waals surface area contributed by atoms with Gasteiger partial charge in [-0.15, -0.1) is 0 Å². The van der Waals surface area contributed by atoms with E-state index in [2.05, 4.69) is 0 Å². The van der Waals surface area contributed by atoms with Crippen LogP contribution in [0, 0.1) is 9.39 Å². The van der Waals surface area contributed by atoms with Crippen molar-refractivity contribution < 1.29 is 4.39 Å². The fourth-order valence-electron chi connectivity index (χ4n) is 0.586. The zero-order valence-electron chi connectivity index (χ0n) is 5.07. The van der Waals surface area contributed by atoms with Crippen molar-refractivity contribution in [2.24, 2.45) is 0 Å². The van der Waals surface area contributed by atoms with Crippen LogP contribution in [0.1, 0.15) is 0 Å². The predicted octanol–water partition coefficient (Wildman–Crippen LogP) is 1.59. The second kappa shape index (κ2) is 2.61. The highest BCUT2D eigenvalue weighted by Gasteiger charge is 2.04. The molecule has 0 aromatic heterocycles. The van der Waals surface area contributed by atoms with Gasteiger partial charge in [0.25, 0.3) is 0 Å². The summed E-state index contributed by atoms with van der Waals surface area (Å²) >= 11 is 1.90. The summed E-state index contributed by atoms with van der Waals surface area (Å²) in [6.07, 6.45) is 0. The molecule has 0 spiro atoms. The Kier molecular flexibility index (Phi) is 1.98. The van der Waals surface area contributed by atoms with Crippen LogP contribution in [0.15, 0.2) is 12.1 Å². The van der Waals surface area contributed by atoms with E-state index in [1.165, 1.54) is 12.1 Å². The van der Waals surface area contributed by atoms with E-state index in [-0.39, 0.29) is 5.69 Å². The fraction of sp³-hybridized carbons (Fsp3) is 0. The minimum absolute atomic E-state index is 0.126. The Bertz CT molecular complexity index is 235. The molecule has 54 valence electrons. The summed E-state index contributed by atoms with van der Waals surface area (Å²) in [6.45, 7) is 0. The van der Waals surface area contributed by atoms with Crippen molar-refractivity contribution >= 4 is 34.0 Å². The van der Waals surface area contributed by atoms with Crippen LogP contribution in [-0.4, -0.2) is 0 Å². The van der Waals surface area contributed by atoms with Crippen LogP contribution in [0.3, 0.4) is 0 Å². The van der Waals surface area contributed by atoms with E-state index in [4.69, 9.17) is 11.5 Å². The second-order valence-electron chi connectivity index (χ2n) is 1.86. The van der Waals surface area contributed by atoms with Gasteiger partial charge in [0.1, 0.15) is 5.82 Å². The van der Waals surface area contributed by atoms with E-state index >= 15 is 0 Å². The third-order valence-electron chi connectivity index (χ3n) is 1.16. The lowest BCUT2D eigenvalue weighted by Crippen LogP contribution is -1.98. The first kappa shape index (κ1) is 7.59. The summed E-state index contributed by atoms with van der Waals surface area (Å²) in [5.41, 5.74) is 11.4. The normalized spacial score (nSPS) is 9.80. The quantitative estimate of drug-likeness (QED) is 0.544. The number of halogens is 2. The number of nitrogens with two attached hydrogens (primary N) is 2. The molecule has 10 heavy (non-hydrogen) atoms. The van der Waals surface area contributed by atoms with Crippen molar-refractivity contribution in [3.8, 4) is 0 Å². The zero-order chi connectivity index (χ0) is 7.72. The Morgan fingerprint density at radius 1 is 1.30 bits per heavy atom. The number of anilines is 2. The van der Waals surface area contributed by atoms with Crippen LogP contribution in [0.25, 0.3) is 0 Å². The van der Waals surface area contributed by atoms with Gasteiger partial charge in [-0.25, -0.2) is 4.39 Å². The highest BCUT2D eigenvalue weighted by molar-refractivity contribution is 14.1. The van der Waals surface area contributed by atoms with Gasteiger partial charge in [-0.3, -0.25) is 0 Å². The van der Waals surface area contributed by atoms with Gasteiger partial charge in [0.2, 0.25) is 0 Å². The topological polar surface area (TPSA) is 52.0 Å². The van der Waals surface area contributed by atoms with Crippen LogP contribution in [-0.2, 0) is 0 Å². The molecule has 0 aliphatic heterocycles. The minimum atomic E-state index is -0.418. The molecule has 0 amide bonds. The van der Waals surface area contributed by atoms with Gasteiger partial charge in [0.15, 0.2) is 0 Å². The first-order valence-corrected chi connectivity index (χ1v) is 3.69. The lowest BCUT2D eigenvalue weighted by atomic mass is 10.3. The molecule has 0 bridgehead atoms. The summed E-state index contributed by atoms with van der Waals surface area (Å²) in [5.74, 6) is -0.418. The van der Waals surface area contributed by atoms with Gasteiger partial charge in [-0.1, -0.05) is 0 Å². The molecule has 0 aliphatic rings. The van der Waals surface area contributed by atoms with Gasteiger partial charge in [-0.05, 0) is 34.7 Å². The molecule has 0 atom stereocenters. The van der Waals surface area contributed by atoms with E-state index in [0.29, 0.717) is 9.26 Å². The van der Waals surface area contributed by atoms with E-state index in [9.17, 15) is 4.39 Å². The van der Waals surface area contributed by atoms with Crippen molar-refractivity contribution in [2.45, 2.75) is 0 Å². The molecule has 0 unspecified atom stereocenters. The maximum atomic E-state index is 12.6. The maximum Gasteiger partial charge on any atom is 0.147 e. The van der Waals surface area contributed by atoms with Gasteiger partial charge in [-0.2, -0.15) is 0 Å². The number of benzene rings is 1. The molecule has 0 saturated carbocycles. The second-order valence-corrected chi connectivity index (χ2v) is 2.94. The summed E-state index contributed by atoms with van der Waals surface area (Å²) < 4.78 is 13.2. The van der Waals surface area contributed by atoms with E-state index in [0.717, 1.165) is 0 Å². The molecule has 0 aliphatic carbocycles. The molecule has 0 heterocycles. The monoisotopic (exact) mass is 252 g/mol. The Balaban J connectivity index is 3.34. The average Bonchev–Trinajstić information content (AvgIpc) is 1.93. The van der Waals surface area contributed by atoms with Crippen molar-refractivity contribution in [2.75, 3.05) is 11.5 Å². The predicted molar refractivity (Wildman–Crippen MR) is 47.9 cm³/mol. The zero-order valence-corrected chi connectivity index (χ0v) is 7.22. The standard InChI is InChI=1S/C6H6FIN2/c7-3-1-2-4(9)5(8)6(3)10/h1-2H,9-10H2. The Morgan fingerprint density at radius 3 is 2.40 bits per heavy atom. The third-order valence-corrected chi connectivity index (χ3v) is 2.36. The molecule has 4 heteroatoms. The van der Waals surface area contributed by atoms with Gasteiger partial charge >= 0.3 is 0 Å². The number of hydrogen-bond donors (Lipinski definition) is 2. The Labute approximate surface area is 71.5 Å². The van der Waals surface area contributed by atoms with E-state index in [1.54, 1.807) is 0 Å². The maximum absolute atomic E-state index is 12.6. The highest BCUT2D eigenvalue weighted by atomic mass is 127. The Hall–Kier alpha value is -0.520. The molecule has 0 radical (unpaired) electrons. The minimum Gasteiger partial charge on any atom is -0.398 e. The lowest BCUT2D eigenvalue weighted by molar-refractivity contribution is 0.632. The molecular weight excluding hydrogens is 246 g/mol. The van der Waals surface area contributed by atoms with Crippen molar-refractivity contribution in [3.05, 3.63) is 21.5 Å². The average molecular weight is 252 g/mol. The smallest absolute Gasteiger partial charge is 0.147 e. The molecule has 1 aromatic carbocycles. The molecule has 1 rings (SSSR count).